The number of hydrogen-bond donors (Lipinski definition) is 1. The van der Waals surface area contributed by atoms with Crippen LogP contribution < -0.4 is 4.90 Å². The van der Waals surface area contributed by atoms with Crippen molar-refractivity contribution >= 4 is 17.7 Å². The van der Waals surface area contributed by atoms with E-state index in [1.165, 1.54) is 6.08 Å². The second kappa shape index (κ2) is 6.74. The van der Waals surface area contributed by atoms with Gasteiger partial charge < -0.3 is 14.9 Å². The van der Waals surface area contributed by atoms with Crippen molar-refractivity contribution in [2.24, 2.45) is 0 Å². The van der Waals surface area contributed by atoms with Crippen LogP contribution in [0.5, 0.6) is 0 Å². The molecule has 2 bridgehead atoms. The number of hydrogen-bond acceptors (Lipinski definition) is 4. The van der Waals surface area contributed by atoms with Crippen molar-refractivity contribution in [2.45, 2.75) is 70.1 Å². The smallest absolute Gasteiger partial charge is 0.407 e. The van der Waals surface area contributed by atoms with Gasteiger partial charge in [0.05, 0.1) is 0 Å². The van der Waals surface area contributed by atoms with Crippen molar-refractivity contribution < 1.29 is 14.7 Å². The molecule has 3 rings (SSSR count). The van der Waals surface area contributed by atoms with Crippen molar-refractivity contribution in [3.8, 4) is 0 Å². The highest BCUT2D eigenvalue weighted by Gasteiger charge is 2.46. The van der Waals surface area contributed by atoms with Crippen LogP contribution in [0.1, 0.15) is 56.8 Å². The maximum Gasteiger partial charge on any atom is 0.407 e. The predicted octanol–water partition coefficient (Wildman–Crippen LogP) is 3.73. The van der Waals surface area contributed by atoms with Gasteiger partial charge in [-0.2, -0.15) is 0 Å². The van der Waals surface area contributed by atoms with E-state index in [1.807, 2.05) is 26.8 Å². The van der Waals surface area contributed by atoms with Gasteiger partial charge in [-0.25, -0.2) is 9.78 Å². The van der Waals surface area contributed by atoms with Gasteiger partial charge in [-0.3, -0.25) is 4.79 Å². The Bertz CT molecular complexity index is 694. The van der Waals surface area contributed by atoms with Gasteiger partial charge in [-0.05, 0) is 64.7 Å². The van der Waals surface area contributed by atoms with Gasteiger partial charge >= 0.3 is 6.09 Å². The van der Waals surface area contributed by atoms with Gasteiger partial charge in [0.25, 0.3) is 0 Å². The lowest BCUT2D eigenvalue weighted by atomic mass is 9.92. The van der Waals surface area contributed by atoms with Crippen LogP contribution in [0.3, 0.4) is 0 Å². The summed E-state index contributed by atoms with van der Waals surface area (Å²) in [6.45, 7) is 9.35. The zero-order valence-corrected chi connectivity index (χ0v) is 15.7. The molecule has 0 aromatic carbocycles. The summed E-state index contributed by atoms with van der Waals surface area (Å²) in [5.41, 5.74) is 0.124. The Labute approximate surface area is 154 Å². The average Bonchev–Trinajstić information content (AvgIpc) is 2.83. The minimum absolute atomic E-state index is 0.0304. The number of allylic oxidation sites excluding steroid dienone is 1. The molecule has 2 unspecified atom stereocenters. The number of carboxylic acid groups (broad SMARTS) is 1. The van der Waals surface area contributed by atoms with E-state index < -0.39 is 11.6 Å². The standard InChI is InChI=1S/C20H27N3O3/c1-5-17(24)13-6-9-18(21-12-13)22-14-7-8-15(22)11-16(10-14)23(19(25)26)20(2,3)4/h5-6,9,12,14-16H,1,7-8,10-11H2,2-4H3,(H,25,26). The molecule has 1 aromatic rings. The van der Waals surface area contributed by atoms with Gasteiger partial charge in [0, 0.05) is 35.4 Å². The molecule has 0 spiro atoms. The Morgan fingerprint density at radius 1 is 1.27 bits per heavy atom. The second-order valence-electron chi connectivity index (χ2n) is 8.21. The van der Waals surface area contributed by atoms with E-state index >= 15 is 0 Å². The number of ketones is 1. The minimum atomic E-state index is -0.847. The van der Waals surface area contributed by atoms with E-state index in [-0.39, 0.29) is 23.9 Å². The number of carbonyl (C=O) groups excluding carboxylic acids is 1. The number of anilines is 1. The quantitative estimate of drug-likeness (QED) is 0.656. The van der Waals surface area contributed by atoms with Crippen LogP contribution in [0.25, 0.3) is 0 Å². The molecule has 3 heterocycles. The SMILES string of the molecule is C=CC(=O)c1ccc(N2C3CCC2CC(N(C(=O)O)C(C)(C)C)C3)nc1. The van der Waals surface area contributed by atoms with Gasteiger partial charge in [0.15, 0.2) is 5.78 Å². The van der Waals surface area contributed by atoms with E-state index in [0.717, 1.165) is 31.5 Å². The van der Waals surface area contributed by atoms with Gasteiger partial charge in [-0.1, -0.05) is 6.58 Å². The third-order valence-corrected chi connectivity index (χ3v) is 5.48. The number of amides is 1. The fourth-order valence-electron chi connectivity index (χ4n) is 4.53. The molecule has 2 atom stereocenters. The second-order valence-corrected chi connectivity index (χ2v) is 8.21. The number of carbonyl (C=O) groups is 2. The van der Waals surface area contributed by atoms with Gasteiger partial charge in [-0.15, -0.1) is 0 Å². The normalized spacial score (nSPS) is 25.0. The Balaban J connectivity index is 1.80. The van der Waals surface area contributed by atoms with E-state index in [9.17, 15) is 14.7 Å². The van der Waals surface area contributed by atoms with Gasteiger partial charge in [0.2, 0.25) is 0 Å². The Hall–Kier alpha value is -2.37. The molecule has 6 nitrogen and oxygen atoms in total. The zero-order valence-electron chi connectivity index (χ0n) is 15.7. The molecule has 2 fully saturated rings. The third kappa shape index (κ3) is 3.32. The first-order chi connectivity index (χ1) is 12.2. The number of aromatic nitrogens is 1. The highest BCUT2D eigenvalue weighted by molar-refractivity contribution is 6.03. The molecule has 26 heavy (non-hydrogen) atoms. The van der Waals surface area contributed by atoms with Crippen LogP contribution >= 0.6 is 0 Å². The number of rotatable bonds is 4. The van der Waals surface area contributed by atoms with Crippen LogP contribution in [0, 0.1) is 0 Å². The number of nitrogens with zero attached hydrogens (tertiary/aromatic N) is 3. The molecule has 2 aliphatic heterocycles. The molecular formula is C20H27N3O3. The fraction of sp³-hybridized carbons (Fsp3) is 0.550. The molecule has 1 aromatic heterocycles. The zero-order chi connectivity index (χ0) is 19.1. The Morgan fingerprint density at radius 3 is 2.31 bits per heavy atom. The largest absolute Gasteiger partial charge is 0.465 e. The lowest BCUT2D eigenvalue weighted by molar-refractivity contribution is 0.0558. The van der Waals surface area contributed by atoms with Crippen molar-refractivity contribution in [1.29, 1.82) is 0 Å². The number of fused-ring (bicyclic) bond motifs is 2. The molecule has 0 saturated carbocycles. The summed E-state index contributed by atoms with van der Waals surface area (Å²) in [7, 11) is 0. The molecule has 0 radical (unpaired) electrons. The molecule has 140 valence electrons. The Morgan fingerprint density at radius 2 is 1.88 bits per heavy atom. The van der Waals surface area contributed by atoms with Crippen LogP contribution in [-0.2, 0) is 0 Å². The molecule has 6 heteroatoms. The summed E-state index contributed by atoms with van der Waals surface area (Å²) >= 11 is 0. The average molecular weight is 357 g/mol. The summed E-state index contributed by atoms with van der Waals surface area (Å²) in [5.74, 6) is 0.738. The summed E-state index contributed by atoms with van der Waals surface area (Å²) in [6.07, 6.45) is 5.77. The maximum atomic E-state index is 11.8. The fourth-order valence-corrected chi connectivity index (χ4v) is 4.53. The summed E-state index contributed by atoms with van der Waals surface area (Å²) < 4.78 is 0. The van der Waals surface area contributed by atoms with Crippen LogP contribution in [0.2, 0.25) is 0 Å². The molecule has 0 aliphatic carbocycles. The molecule has 2 saturated heterocycles. The third-order valence-electron chi connectivity index (χ3n) is 5.48. The highest BCUT2D eigenvalue weighted by atomic mass is 16.4. The monoisotopic (exact) mass is 357 g/mol. The predicted molar refractivity (Wildman–Crippen MR) is 101 cm³/mol. The molecule has 2 aliphatic rings. The first-order valence-corrected chi connectivity index (χ1v) is 9.15. The van der Waals surface area contributed by atoms with E-state index in [2.05, 4.69) is 16.5 Å². The highest BCUT2D eigenvalue weighted by Crippen LogP contribution is 2.41. The maximum absolute atomic E-state index is 11.8. The topological polar surface area (TPSA) is 73.7 Å². The first-order valence-electron chi connectivity index (χ1n) is 9.15. The summed E-state index contributed by atoms with van der Waals surface area (Å²) in [5, 5.41) is 9.70. The van der Waals surface area contributed by atoms with E-state index in [4.69, 9.17) is 0 Å². The number of piperidine rings is 1. The lowest BCUT2D eigenvalue weighted by Crippen LogP contribution is -2.57. The lowest BCUT2D eigenvalue weighted by Gasteiger charge is -2.47. The van der Waals surface area contributed by atoms with Crippen molar-refractivity contribution in [2.75, 3.05) is 4.90 Å². The van der Waals surface area contributed by atoms with Crippen LogP contribution in [0.15, 0.2) is 31.0 Å². The van der Waals surface area contributed by atoms with E-state index in [1.54, 1.807) is 17.2 Å². The molecule has 1 amide bonds. The molecule has 1 N–H and O–H groups in total. The van der Waals surface area contributed by atoms with Gasteiger partial charge in [0.1, 0.15) is 5.82 Å². The summed E-state index contributed by atoms with van der Waals surface area (Å²) in [4.78, 5) is 31.9. The number of pyridine rings is 1. The first kappa shape index (κ1) is 18.4. The van der Waals surface area contributed by atoms with Crippen molar-refractivity contribution in [3.63, 3.8) is 0 Å². The van der Waals surface area contributed by atoms with E-state index in [0.29, 0.717) is 5.56 Å². The Kier molecular flexibility index (Phi) is 4.78. The van der Waals surface area contributed by atoms with Crippen LogP contribution in [-0.4, -0.2) is 50.5 Å². The molecular weight excluding hydrogens is 330 g/mol. The minimum Gasteiger partial charge on any atom is -0.465 e. The summed E-state index contributed by atoms with van der Waals surface area (Å²) in [6, 6.07) is 4.29. The van der Waals surface area contributed by atoms with Crippen LogP contribution in [0.4, 0.5) is 10.6 Å². The van der Waals surface area contributed by atoms with Crippen molar-refractivity contribution in [1.82, 2.24) is 9.88 Å². The van der Waals surface area contributed by atoms with Crippen molar-refractivity contribution in [3.05, 3.63) is 36.5 Å².